The second kappa shape index (κ2) is 7.47. The van der Waals surface area contributed by atoms with Crippen molar-refractivity contribution in [2.75, 3.05) is 5.32 Å². The van der Waals surface area contributed by atoms with Crippen LogP contribution in [-0.4, -0.2) is 28.8 Å². The molecule has 0 radical (unpaired) electrons. The van der Waals surface area contributed by atoms with Crippen LogP contribution >= 0.6 is 0 Å². The Balaban J connectivity index is 1.62. The van der Waals surface area contributed by atoms with E-state index >= 15 is 0 Å². The van der Waals surface area contributed by atoms with Crippen LogP contribution in [-0.2, 0) is 4.79 Å². The first kappa shape index (κ1) is 19.9. The quantitative estimate of drug-likeness (QED) is 0.715. The number of carbonyl (C=O) groups is 1. The van der Waals surface area contributed by atoms with E-state index in [1.807, 2.05) is 70.2 Å². The van der Waals surface area contributed by atoms with Gasteiger partial charge in [-0.2, -0.15) is 0 Å². The molecule has 2 aromatic rings. The molecule has 1 saturated carbocycles. The fraction of sp³-hybridized carbons (Fsp3) is 0.458. The van der Waals surface area contributed by atoms with Gasteiger partial charge in [0.15, 0.2) is 0 Å². The third kappa shape index (κ3) is 4.02. The van der Waals surface area contributed by atoms with E-state index in [-0.39, 0.29) is 17.9 Å². The SMILES string of the molecule is Cc1cc2c(cc1NC(=O)C(C)c1ccccc1)C(NC1CC1)C(O)C(C)(C)O2. The first-order valence-corrected chi connectivity index (χ1v) is 10.4. The molecule has 5 nitrogen and oxygen atoms in total. The highest BCUT2D eigenvalue weighted by Crippen LogP contribution is 2.43. The number of carbonyl (C=O) groups excluding carboxylic acids is 1. The lowest BCUT2D eigenvalue weighted by Crippen LogP contribution is -2.53. The van der Waals surface area contributed by atoms with Crippen LogP contribution in [0.15, 0.2) is 42.5 Å². The maximum Gasteiger partial charge on any atom is 0.231 e. The molecule has 3 unspecified atom stereocenters. The third-order valence-electron chi connectivity index (χ3n) is 6.04. The van der Waals surface area contributed by atoms with E-state index in [1.54, 1.807) is 0 Å². The number of aliphatic hydroxyl groups is 1. The topological polar surface area (TPSA) is 70.6 Å². The van der Waals surface area contributed by atoms with Crippen molar-refractivity contribution in [3.63, 3.8) is 0 Å². The van der Waals surface area contributed by atoms with E-state index in [1.165, 1.54) is 0 Å². The van der Waals surface area contributed by atoms with Gasteiger partial charge in [0.2, 0.25) is 5.91 Å². The third-order valence-corrected chi connectivity index (χ3v) is 6.04. The summed E-state index contributed by atoms with van der Waals surface area (Å²) in [5.41, 5.74) is 2.90. The Kier molecular flexibility index (Phi) is 5.13. The van der Waals surface area contributed by atoms with E-state index in [9.17, 15) is 9.90 Å². The van der Waals surface area contributed by atoms with Crippen molar-refractivity contribution in [3.05, 3.63) is 59.2 Å². The molecule has 4 rings (SSSR count). The lowest BCUT2D eigenvalue weighted by molar-refractivity contribution is -0.117. The maximum absolute atomic E-state index is 12.9. The van der Waals surface area contributed by atoms with Crippen LogP contribution in [0.25, 0.3) is 0 Å². The van der Waals surface area contributed by atoms with Gasteiger partial charge in [-0.3, -0.25) is 4.79 Å². The number of aryl methyl sites for hydroxylation is 1. The average molecular weight is 395 g/mol. The highest BCUT2D eigenvalue weighted by Gasteiger charge is 2.44. The fourth-order valence-electron chi connectivity index (χ4n) is 3.90. The van der Waals surface area contributed by atoms with Gasteiger partial charge in [-0.15, -0.1) is 0 Å². The van der Waals surface area contributed by atoms with E-state index in [2.05, 4.69) is 10.6 Å². The summed E-state index contributed by atoms with van der Waals surface area (Å²) in [4.78, 5) is 12.9. The number of ether oxygens (including phenoxy) is 1. The fourth-order valence-corrected chi connectivity index (χ4v) is 3.90. The number of rotatable bonds is 5. The molecule has 5 heteroatoms. The Hall–Kier alpha value is -2.37. The molecular formula is C24H30N2O3. The van der Waals surface area contributed by atoms with Gasteiger partial charge in [0.1, 0.15) is 17.5 Å². The van der Waals surface area contributed by atoms with Crippen LogP contribution in [0, 0.1) is 6.92 Å². The standard InChI is InChI=1S/C24H30N2O3/c1-14-12-20-18(21(25-17-10-11-17)22(27)24(3,4)29-20)13-19(14)26-23(28)15(2)16-8-6-5-7-9-16/h5-9,12-13,15,17,21-22,25,27H,10-11H2,1-4H3,(H,26,28). The van der Waals surface area contributed by atoms with Gasteiger partial charge in [0.05, 0.1) is 12.0 Å². The Morgan fingerprint density at radius 1 is 1.21 bits per heavy atom. The van der Waals surface area contributed by atoms with Crippen molar-refractivity contribution in [3.8, 4) is 5.75 Å². The summed E-state index contributed by atoms with van der Waals surface area (Å²) in [6.07, 6.45) is 1.58. The van der Waals surface area contributed by atoms with Crippen molar-refractivity contribution in [2.24, 2.45) is 0 Å². The van der Waals surface area contributed by atoms with Gasteiger partial charge in [-0.25, -0.2) is 0 Å². The highest BCUT2D eigenvalue weighted by molar-refractivity contribution is 5.96. The molecule has 1 aliphatic heterocycles. The molecule has 0 bridgehead atoms. The van der Waals surface area contributed by atoms with Gasteiger partial charge in [0.25, 0.3) is 0 Å². The normalized spacial score (nSPS) is 23.6. The molecule has 2 aromatic carbocycles. The second-order valence-electron chi connectivity index (χ2n) is 8.90. The molecular weight excluding hydrogens is 364 g/mol. The molecule has 0 saturated heterocycles. The minimum atomic E-state index is -0.682. The molecule has 0 aromatic heterocycles. The number of hydrogen-bond donors (Lipinski definition) is 3. The van der Waals surface area contributed by atoms with E-state index in [0.717, 1.165) is 41.0 Å². The number of fused-ring (bicyclic) bond motifs is 1. The smallest absolute Gasteiger partial charge is 0.231 e. The maximum atomic E-state index is 12.9. The molecule has 29 heavy (non-hydrogen) atoms. The summed E-state index contributed by atoms with van der Waals surface area (Å²) < 4.78 is 6.12. The first-order chi connectivity index (χ1) is 13.8. The Labute approximate surface area is 172 Å². The highest BCUT2D eigenvalue weighted by atomic mass is 16.5. The van der Waals surface area contributed by atoms with Crippen LogP contribution in [0.1, 0.15) is 62.3 Å². The second-order valence-corrected chi connectivity index (χ2v) is 8.90. The predicted molar refractivity (Wildman–Crippen MR) is 114 cm³/mol. The molecule has 0 spiro atoms. The van der Waals surface area contributed by atoms with Gasteiger partial charge in [-0.05, 0) is 63.8 Å². The minimum absolute atomic E-state index is 0.0523. The largest absolute Gasteiger partial charge is 0.485 e. The lowest BCUT2D eigenvalue weighted by atomic mass is 9.85. The zero-order valence-electron chi connectivity index (χ0n) is 17.5. The van der Waals surface area contributed by atoms with Crippen LogP contribution in [0.3, 0.4) is 0 Å². The Morgan fingerprint density at radius 2 is 1.90 bits per heavy atom. The number of anilines is 1. The Bertz CT molecular complexity index is 906. The van der Waals surface area contributed by atoms with E-state index in [4.69, 9.17) is 4.74 Å². The summed E-state index contributed by atoms with van der Waals surface area (Å²) in [6.45, 7) is 7.70. The number of aliphatic hydroxyl groups excluding tert-OH is 1. The van der Waals surface area contributed by atoms with Crippen molar-refractivity contribution in [2.45, 2.75) is 70.2 Å². The monoisotopic (exact) mass is 394 g/mol. The van der Waals surface area contributed by atoms with Crippen molar-refractivity contribution in [1.82, 2.24) is 5.32 Å². The first-order valence-electron chi connectivity index (χ1n) is 10.4. The van der Waals surface area contributed by atoms with Gasteiger partial charge >= 0.3 is 0 Å². The van der Waals surface area contributed by atoms with Crippen molar-refractivity contribution >= 4 is 11.6 Å². The summed E-state index contributed by atoms with van der Waals surface area (Å²) in [5.74, 6) is 0.460. The molecule has 3 atom stereocenters. The van der Waals surface area contributed by atoms with Crippen LogP contribution in [0.4, 0.5) is 5.69 Å². The van der Waals surface area contributed by atoms with E-state index < -0.39 is 11.7 Å². The summed E-state index contributed by atoms with van der Waals surface area (Å²) >= 11 is 0. The minimum Gasteiger partial charge on any atom is -0.485 e. The molecule has 1 aliphatic carbocycles. The molecule has 2 aliphatic rings. The predicted octanol–water partition coefficient (Wildman–Crippen LogP) is 4.06. The molecule has 1 amide bonds. The molecule has 1 heterocycles. The summed E-state index contributed by atoms with van der Waals surface area (Å²) in [7, 11) is 0. The number of nitrogens with one attached hydrogen (secondary N) is 2. The van der Waals surface area contributed by atoms with Crippen molar-refractivity contribution < 1.29 is 14.6 Å². The van der Waals surface area contributed by atoms with Crippen LogP contribution in [0.2, 0.25) is 0 Å². The number of amides is 1. The molecule has 3 N–H and O–H groups in total. The number of hydrogen-bond acceptors (Lipinski definition) is 4. The van der Waals surface area contributed by atoms with Crippen molar-refractivity contribution in [1.29, 1.82) is 0 Å². The zero-order chi connectivity index (χ0) is 20.8. The molecule has 1 fully saturated rings. The van der Waals surface area contributed by atoms with Gasteiger partial charge in [-0.1, -0.05) is 30.3 Å². The zero-order valence-corrected chi connectivity index (χ0v) is 17.5. The summed E-state index contributed by atoms with van der Waals surface area (Å²) in [6, 6.07) is 13.9. The lowest BCUT2D eigenvalue weighted by Gasteiger charge is -2.43. The average Bonchev–Trinajstić information content (AvgIpc) is 3.51. The summed E-state index contributed by atoms with van der Waals surface area (Å²) in [5, 5.41) is 17.6. The van der Waals surface area contributed by atoms with Crippen LogP contribution < -0.4 is 15.4 Å². The van der Waals surface area contributed by atoms with Gasteiger partial charge in [0, 0.05) is 17.3 Å². The van der Waals surface area contributed by atoms with Crippen LogP contribution in [0.5, 0.6) is 5.75 Å². The van der Waals surface area contributed by atoms with Gasteiger partial charge < -0.3 is 20.5 Å². The molecule has 154 valence electrons. The Morgan fingerprint density at radius 3 is 2.55 bits per heavy atom. The van der Waals surface area contributed by atoms with E-state index in [0.29, 0.717) is 6.04 Å². The number of benzene rings is 2.